The largest absolute Gasteiger partial charge is 0.327 e. The van der Waals surface area contributed by atoms with Crippen molar-refractivity contribution in [3.05, 3.63) is 35.1 Å². The van der Waals surface area contributed by atoms with Gasteiger partial charge in [0.15, 0.2) is 0 Å². The zero-order chi connectivity index (χ0) is 8.55. The molecule has 0 bridgehead atoms. The number of hydrogen-bond acceptors (Lipinski definition) is 1. The second kappa shape index (κ2) is 2.87. The Hall–Kier alpha value is -0.890. The highest BCUT2D eigenvalue weighted by Crippen LogP contribution is 2.20. The molecule has 1 nitrogen and oxygen atoms in total. The predicted molar refractivity (Wildman–Crippen MR) is 46.4 cm³/mol. The van der Waals surface area contributed by atoms with Crippen LogP contribution in [0, 0.1) is 5.82 Å². The lowest BCUT2D eigenvalue weighted by Crippen LogP contribution is -2.27. The molecule has 1 atom stereocenters. The summed E-state index contributed by atoms with van der Waals surface area (Å²) in [5.74, 6) is -0.150. The van der Waals surface area contributed by atoms with Crippen LogP contribution in [0.2, 0.25) is 0 Å². The molecule has 1 unspecified atom stereocenters. The Bertz CT molecular complexity index is 296. The Morgan fingerprint density at radius 2 is 2.17 bits per heavy atom. The zero-order valence-corrected chi connectivity index (χ0v) is 6.89. The smallest absolute Gasteiger partial charge is 0.123 e. The van der Waals surface area contributed by atoms with Crippen molar-refractivity contribution >= 4 is 0 Å². The molecule has 0 fully saturated rings. The first-order valence-electron chi connectivity index (χ1n) is 4.28. The number of aryl methyl sites for hydroxylation is 1. The number of halogens is 1. The monoisotopic (exact) mass is 165 g/mol. The van der Waals surface area contributed by atoms with Crippen LogP contribution in [0.5, 0.6) is 0 Å². The van der Waals surface area contributed by atoms with Crippen LogP contribution < -0.4 is 5.73 Å². The maximum Gasteiger partial charge on any atom is 0.123 e. The quantitative estimate of drug-likeness (QED) is 0.621. The van der Waals surface area contributed by atoms with Crippen LogP contribution in [0.4, 0.5) is 4.39 Å². The summed E-state index contributed by atoms with van der Waals surface area (Å²) in [5, 5.41) is 0. The van der Waals surface area contributed by atoms with Gasteiger partial charge in [-0.2, -0.15) is 0 Å². The molecule has 0 spiro atoms. The summed E-state index contributed by atoms with van der Waals surface area (Å²) >= 11 is 0. The van der Waals surface area contributed by atoms with Crippen LogP contribution in [0.15, 0.2) is 18.2 Å². The van der Waals surface area contributed by atoms with E-state index in [2.05, 4.69) is 0 Å². The van der Waals surface area contributed by atoms with Gasteiger partial charge < -0.3 is 5.73 Å². The van der Waals surface area contributed by atoms with E-state index in [1.165, 1.54) is 11.6 Å². The topological polar surface area (TPSA) is 26.0 Å². The van der Waals surface area contributed by atoms with Crippen molar-refractivity contribution in [2.75, 3.05) is 0 Å². The van der Waals surface area contributed by atoms with E-state index in [9.17, 15) is 4.39 Å². The van der Waals surface area contributed by atoms with Crippen LogP contribution in [0.1, 0.15) is 17.5 Å². The SMILES string of the molecule is NC1CCc2ccc(F)cc2C1. The summed E-state index contributed by atoms with van der Waals surface area (Å²) in [6.45, 7) is 0. The number of rotatable bonds is 0. The molecule has 1 aromatic rings. The van der Waals surface area contributed by atoms with Crippen LogP contribution in [0.3, 0.4) is 0 Å². The maximum absolute atomic E-state index is 12.8. The van der Waals surface area contributed by atoms with Crippen molar-refractivity contribution < 1.29 is 4.39 Å². The summed E-state index contributed by atoms with van der Waals surface area (Å²) in [6.07, 6.45) is 2.85. The van der Waals surface area contributed by atoms with Crippen molar-refractivity contribution in [3.8, 4) is 0 Å². The van der Waals surface area contributed by atoms with Crippen molar-refractivity contribution in [2.24, 2.45) is 5.73 Å². The lowest BCUT2D eigenvalue weighted by molar-refractivity contribution is 0.566. The first-order valence-corrected chi connectivity index (χ1v) is 4.28. The summed E-state index contributed by atoms with van der Waals surface area (Å²) in [4.78, 5) is 0. The van der Waals surface area contributed by atoms with E-state index in [4.69, 9.17) is 5.73 Å². The van der Waals surface area contributed by atoms with E-state index in [-0.39, 0.29) is 11.9 Å². The minimum atomic E-state index is -0.150. The number of benzene rings is 1. The third-order valence-electron chi connectivity index (χ3n) is 2.43. The number of hydrogen-bond donors (Lipinski definition) is 1. The van der Waals surface area contributed by atoms with Crippen LogP contribution in [-0.2, 0) is 12.8 Å². The third kappa shape index (κ3) is 1.34. The van der Waals surface area contributed by atoms with E-state index >= 15 is 0 Å². The van der Waals surface area contributed by atoms with Crippen molar-refractivity contribution in [2.45, 2.75) is 25.3 Å². The molecule has 64 valence electrons. The minimum absolute atomic E-state index is 0.150. The van der Waals surface area contributed by atoms with Gasteiger partial charge in [0.05, 0.1) is 0 Å². The van der Waals surface area contributed by atoms with Crippen LogP contribution in [0.25, 0.3) is 0 Å². The van der Waals surface area contributed by atoms with Crippen molar-refractivity contribution in [1.29, 1.82) is 0 Å². The molecule has 0 radical (unpaired) electrons. The molecule has 2 heteroatoms. The fourth-order valence-corrected chi connectivity index (χ4v) is 1.75. The van der Waals surface area contributed by atoms with E-state index in [0.29, 0.717) is 0 Å². The highest BCUT2D eigenvalue weighted by atomic mass is 19.1. The van der Waals surface area contributed by atoms with E-state index in [0.717, 1.165) is 24.8 Å². The fourth-order valence-electron chi connectivity index (χ4n) is 1.75. The second-order valence-electron chi connectivity index (χ2n) is 3.42. The first kappa shape index (κ1) is 7.74. The van der Waals surface area contributed by atoms with Gasteiger partial charge in [0, 0.05) is 6.04 Å². The van der Waals surface area contributed by atoms with E-state index < -0.39 is 0 Å². The van der Waals surface area contributed by atoms with E-state index in [1.807, 2.05) is 6.07 Å². The average Bonchev–Trinajstić information content (AvgIpc) is 2.03. The Balaban J connectivity index is 2.37. The number of nitrogens with two attached hydrogens (primary N) is 1. The molecule has 0 saturated heterocycles. The first-order chi connectivity index (χ1) is 5.75. The molecule has 0 aliphatic heterocycles. The molecule has 0 heterocycles. The zero-order valence-electron chi connectivity index (χ0n) is 6.89. The van der Waals surface area contributed by atoms with Crippen molar-refractivity contribution in [1.82, 2.24) is 0 Å². The van der Waals surface area contributed by atoms with Gasteiger partial charge in [-0.25, -0.2) is 4.39 Å². The molecule has 1 aliphatic carbocycles. The minimum Gasteiger partial charge on any atom is -0.327 e. The van der Waals surface area contributed by atoms with Crippen LogP contribution in [-0.4, -0.2) is 6.04 Å². The molecule has 2 N–H and O–H groups in total. The summed E-state index contributed by atoms with van der Waals surface area (Å²) in [6, 6.07) is 5.22. The second-order valence-corrected chi connectivity index (χ2v) is 3.42. The van der Waals surface area contributed by atoms with Crippen molar-refractivity contribution in [3.63, 3.8) is 0 Å². The van der Waals surface area contributed by atoms with Gasteiger partial charge in [-0.3, -0.25) is 0 Å². The Kier molecular flexibility index (Phi) is 1.85. The summed E-state index contributed by atoms with van der Waals surface area (Å²) < 4.78 is 12.8. The maximum atomic E-state index is 12.8. The molecule has 0 amide bonds. The average molecular weight is 165 g/mol. The lowest BCUT2D eigenvalue weighted by Gasteiger charge is -2.20. The highest BCUT2D eigenvalue weighted by molar-refractivity contribution is 5.30. The molecular weight excluding hydrogens is 153 g/mol. The Labute approximate surface area is 71.4 Å². The Morgan fingerprint density at radius 1 is 1.33 bits per heavy atom. The molecular formula is C10H12FN. The van der Waals surface area contributed by atoms with Gasteiger partial charge in [-0.05, 0) is 42.5 Å². The summed E-state index contributed by atoms with van der Waals surface area (Å²) in [5.41, 5.74) is 8.13. The van der Waals surface area contributed by atoms with Crippen LogP contribution >= 0.6 is 0 Å². The molecule has 0 saturated carbocycles. The third-order valence-corrected chi connectivity index (χ3v) is 2.43. The molecule has 1 aromatic carbocycles. The molecule has 12 heavy (non-hydrogen) atoms. The standard InChI is InChI=1S/C10H12FN/c11-9-3-1-7-2-4-10(12)6-8(7)5-9/h1,3,5,10H,2,4,6,12H2. The normalized spacial score (nSPS) is 22.0. The van der Waals surface area contributed by atoms with Gasteiger partial charge in [-0.1, -0.05) is 6.07 Å². The summed E-state index contributed by atoms with van der Waals surface area (Å²) in [7, 11) is 0. The van der Waals surface area contributed by atoms with Gasteiger partial charge in [0.2, 0.25) is 0 Å². The predicted octanol–water partition coefficient (Wildman–Crippen LogP) is 1.64. The molecule has 1 aliphatic rings. The van der Waals surface area contributed by atoms with Gasteiger partial charge in [0.25, 0.3) is 0 Å². The van der Waals surface area contributed by atoms with Gasteiger partial charge in [0.1, 0.15) is 5.82 Å². The number of fused-ring (bicyclic) bond motifs is 1. The highest BCUT2D eigenvalue weighted by Gasteiger charge is 2.15. The molecule has 2 rings (SSSR count). The molecule has 0 aromatic heterocycles. The Morgan fingerprint density at radius 3 is 3.00 bits per heavy atom. The van der Waals surface area contributed by atoms with Gasteiger partial charge in [-0.15, -0.1) is 0 Å². The lowest BCUT2D eigenvalue weighted by atomic mass is 9.89. The fraction of sp³-hybridized carbons (Fsp3) is 0.400. The van der Waals surface area contributed by atoms with Gasteiger partial charge >= 0.3 is 0 Å². The van der Waals surface area contributed by atoms with E-state index in [1.54, 1.807) is 6.07 Å².